The van der Waals surface area contributed by atoms with Crippen LogP contribution in [0.5, 0.6) is 11.5 Å². The molecule has 0 atom stereocenters. The molecule has 1 N–H and O–H groups in total. The van der Waals surface area contributed by atoms with E-state index in [1.54, 1.807) is 42.5 Å². The average Bonchev–Trinajstić information content (AvgIpc) is 3.24. The fourth-order valence-electron chi connectivity index (χ4n) is 2.26. The van der Waals surface area contributed by atoms with Crippen molar-refractivity contribution in [1.82, 2.24) is 5.43 Å². The summed E-state index contributed by atoms with van der Waals surface area (Å²) < 4.78 is 16.2. The highest BCUT2D eigenvalue weighted by molar-refractivity contribution is 9.10. The number of halogens is 1. The maximum Gasteiger partial charge on any atom is 0.379 e. The van der Waals surface area contributed by atoms with E-state index < -0.39 is 5.97 Å². The molecule has 0 aliphatic rings. The van der Waals surface area contributed by atoms with E-state index in [1.165, 1.54) is 25.7 Å². The molecule has 7 nitrogen and oxygen atoms in total. The van der Waals surface area contributed by atoms with Crippen molar-refractivity contribution < 1.29 is 23.5 Å². The first kappa shape index (κ1) is 19.4. The smallest absolute Gasteiger partial charge is 0.379 e. The topological polar surface area (TPSA) is 90.1 Å². The van der Waals surface area contributed by atoms with Crippen LogP contribution in [0.1, 0.15) is 26.5 Å². The first-order valence-electron chi connectivity index (χ1n) is 8.10. The summed E-state index contributed by atoms with van der Waals surface area (Å²) >= 11 is 3.32. The van der Waals surface area contributed by atoms with Crippen LogP contribution in [0.15, 0.2) is 74.9 Å². The standard InChI is InChI=1S/C20H15BrN2O5/c1-26-18-11-13(8-9-16(18)28-20(25)17-7-4-10-27-17)12-22-23-19(24)14-5-2-3-6-15(14)21/h2-12H,1H3,(H,23,24)/b22-12+. The molecule has 0 unspecified atom stereocenters. The third kappa shape index (κ3) is 4.66. The highest BCUT2D eigenvalue weighted by Crippen LogP contribution is 2.28. The Hall–Kier alpha value is -3.39. The number of amides is 1. The van der Waals surface area contributed by atoms with E-state index in [0.29, 0.717) is 21.3 Å². The van der Waals surface area contributed by atoms with Crippen LogP contribution in [0.25, 0.3) is 0 Å². The third-order valence-electron chi connectivity index (χ3n) is 3.61. The number of carbonyl (C=O) groups is 2. The number of hydrogen-bond acceptors (Lipinski definition) is 6. The summed E-state index contributed by atoms with van der Waals surface area (Å²) in [6.45, 7) is 0. The molecule has 0 saturated carbocycles. The molecular weight excluding hydrogens is 428 g/mol. The Morgan fingerprint density at radius 2 is 1.93 bits per heavy atom. The molecule has 1 amide bonds. The van der Waals surface area contributed by atoms with Crippen LogP contribution in [-0.4, -0.2) is 25.2 Å². The summed E-state index contributed by atoms with van der Waals surface area (Å²) in [6, 6.07) is 15.0. The first-order chi connectivity index (χ1) is 13.6. The van der Waals surface area contributed by atoms with Crippen LogP contribution in [0.4, 0.5) is 0 Å². The van der Waals surface area contributed by atoms with Gasteiger partial charge in [-0.25, -0.2) is 10.2 Å². The Morgan fingerprint density at radius 3 is 2.64 bits per heavy atom. The minimum absolute atomic E-state index is 0.0856. The number of furan rings is 1. The fraction of sp³-hybridized carbons (Fsp3) is 0.0500. The van der Waals surface area contributed by atoms with Crippen LogP contribution in [0.2, 0.25) is 0 Å². The molecule has 2 aromatic carbocycles. The quantitative estimate of drug-likeness (QED) is 0.269. The van der Waals surface area contributed by atoms with Gasteiger partial charge in [-0.15, -0.1) is 0 Å². The van der Waals surface area contributed by atoms with Crippen molar-refractivity contribution in [2.45, 2.75) is 0 Å². The van der Waals surface area contributed by atoms with E-state index in [9.17, 15) is 9.59 Å². The Balaban J connectivity index is 1.68. The monoisotopic (exact) mass is 442 g/mol. The lowest BCUT2D eigenvalue weighted by Gasteiger charge is -2.09. The normalized spacial score (nSPS) is 10.6. The van der Waals surface area contributed by atoms with Gasteiger partial charge in [0.25, 0.3) is 5.91 Å². The van der Waals surface area contributed by atoms with E-state index in [1.807, 2.05) is 6.07 Å². The molecule has 1 heterocycles. The molecule has 0 spiro atoms. The van der Waals surface area contributed by atoms with E-state index in [-0.39, 0.29) is 17.4 Å². The lowest BCUT2D eigenvalue weighted by Crippen LogP contribution is -2.18. The van der Waals surface area contributed by atoms with Crippen molar-refractivity contribution in [3.63, 3.8) is 0 Å². The number of hydrogen-bond donors (Lipinski definition) is 1. The summed E-state index contributed by atoms with van der Waals surface area (Å²) in [6.07, 6.45) is 2.84. The fourth-order valence-corrected chi connectivity index (χ4v) is 2.73. The van der Waals surface area contributed by atoms with Crippen molar-refractivity contribution in [2.24, 2.45) is 5.10 Å². The number of esters is 1. The van der Waals surface area contributed by atoms with Crippen molar-refractivity contribution in [3.8, 4) is 11.5 Å². The van der Waals surface area contributed by atoms with E-state index in [0.717, 1.165) is 0 Å². The zero-order chi connectivity index (χ0) is 19.9. The second-order valence-electron chi connectivity index (χ2n) is 5.46. The average molecular weight is 443 g/mol. The number of rotatable bonds is 6. The maximum absolute atomic E-state index is 12.1. The van der Waals surface area contributed by atoms with Crippen molar-refractivity contribution in [3.05, 3.63) is 82.2 Å². The summed E-state index contributed by atoms with van der Waals surface area (Å²) in [5, 5.41) is 3.94. The van der Waals surface area contributed by atoms with Gasteiger partial charge in [0.15, 0.2) is 11.5 Å². The Labute approximate surface area is 169 Å². The van der Waals surface area contributed by atoms with Gasteiger partial charge in [-0.2, -0.15) is 5.10 Å². The van der Waals surface area contributed by atoms with Crippen LogP contribution in [0, 0.1) is 0 Å². The predicted octanol–water partition coefficient (Wildman–Crippen LogP) is 4.03. The van der Waals surface area contributed by atoms with E-state index >= 15 is 0 Å². The predicted molar refractivity (Wildman–Crippen MR) is 106 cm³/mol. The van der Waals surface area contributed by atoms with Gasteiger partial charge in [-0.3, -0.25) is 4.79 Å². The molecule has 0 fully saturated rings. The van der Waals surface area contributed by atoms with Gasteiger partial charge >= 0.3 is 5.97 Å². The van der Waals surface area contributed by atoms with Crippen LogP contribution < -0.4 is 14.9 Å². The van der Waals surface area contributed by atoms with E-state index in [4.69, 9.17) is 13.9 Å². The van der Waals surface area contributed by atoms with Crippen molar-refractivity contribution in [1.29, 1.82) is 0 Å². The lowest BCUT2D eigenvalue weighted by atomic mass is 10.2. The molecule has 142 valence electrons. The maximum atomic E-state index is 12.1. The highest BCUT2D eigenvalue weighted by atomic mass is 79.9. The second kappa shape index (κ2) is 9.01. The van der Waals surface area contributed by atoms with Gasteiger partial charge in [0.2, 0.25) is 5.76 Å². The summed E-state index contributed by atoms with van der Waals surface area (Å²) in [5.41, 5.74) is 3.56. The highest BCUT2D eigenvalue weighted by Gasteiger charge is 2.15. The summed E-state index contributed by atoms with van der Waals surface area (Å²) in [7, 11) is 1.45. The number of ether oxygens (including phenoxy) is 2. The SMILES string of the molecule is COc1cc(/C=N/NC(=O)c2ccccc2Br)ccc1OC(=O)c1ccco1. The number of methoxy groups -OCH3 is 1. The molecule has 0 aliphatic carbocycles. The van der Waals surface area contributed by atoms with Gasteiger partial charge in [0.05, 0.1) is 25.2 Å². The number of nitrogens with zero attached hydrogens (tertiary/aromatic N) is 1. The van der Waals surface area contributed by atoms with Gasteiger partial charge in [-0.05, 0) is 64.0 Å². The molecule has 3 aromatic rings. The molecule has 8 heteroatoms. The minimum atomic E-state index is -0.634. The summed E-state index contributed by atoms with van der Waals surface area (Å²) in [4.78, 5) is 24.1. The van der Waals surface area contributed by atoms with Crippen molar-refractivity contribution >= 4 is 34.0 Å². The second-order valence-corrected chi connectivity index (χ2v) is 6.31. The van der Waals surface area contributed by atoms with Gasteiger partial charge in [0.1, 0.15) is 0 Å². The minimum Gasteiger partial charge on any atom is -0.493 e. The van der Waals surface area contributed by atoms with Crippen molar-refractivity contribution in [2.75, 3.05) is 7.11 Å². The van der Waals surface area contributed by atoms with Gasteiger partial charge in [-0.1, -0.05) is 12.1 Å². The lowest BCUT2D eigenvalue weighted by molar-refractivity contribution is 0.0696. The molecule has 0 radical (unpaired) electrons. The molecule has 0 aliphatic heterocycles. The van der Waals surface area contributed by atoms with Crippen LogP contribution in [-0.2, 0) is 0 Å². The molecular formula is C20H15BrN2O5. The Kier molecular flexibility index (Phi) is 6.23. The molecule has 3 rings (SSSR count). The van der Waals surface area contributed by atoms with Gasteiger partial charge in [0, 0.05) is 4.47 Å². The number of nitrogens with one attached hydrogen (secondary N) is 1. The van der Waals surface area contributed by atoms with E-state index in [2.05, 4.69) is 26.5 Å². The molecule has 0 saturated heterocycles. The zero-order valence-electron chi connectivity index (χ0n) is 14.7. The molecule has 1 aromatic heterocycles. The first-order valence-corrected chi connectivity index (χ1v) is 8.89. The number of benzene rings is 2. The third-order valence-corrected chi connectivity index (χ3v) is 4.30. The molecule has 28 heavy (non-hydrogen) atoms. The summed E-state index contributed by atoms with van der Waals surface area (Å²) in [5.74, 6) is -0.327. The van der Waals surface area contributed by atoms with Gasteiger partial charge < -0.3 is 13.9 Å². The molecule has 0 bridgehead atoms. The zero-order valence-corrected chi connectivity index (χ0v) is 16.3. The number of hydrazone groups is 1. The Morgan fingerprint density at radius 1 is 1.11 bits per heavy atom. The van der Waals surface area contributed by atoms with Crippen LogP contribution >= 0.6 is 15.9 Å². The Bertz CT molecular complexity index is 1020. The van der Waals surface area contributed by atoms with Crippen LogP contribution in [0.3, 0.4) is 0 Å². The largest absolute Gasteiger partial charge is 0.493 e. The number of carbonyl (C=O) groups excluding carboxylic acids is 2.